The lowest BCUT2D eigenvalue weighted by Crippen LogP contribution is -2.48. The summed E-state index contributed by atoms with van der Waals surface area (Å²) in [5.74, 6) is 0. The molecule has 23 heavy (non-hydrogen) atoms. The molecular weight excluding hydrogens is 306 g/mol. The highest BCUT2D eigenvalue weighted by Gasteiger charge is 2.25. The molecule has 4 nitrogen and oxygen atoms in total. The largest absolute Gasteiger partial charge is 0.379 e. The molecule has 2 aliphatic heterocycles. The van der Waals surface area contributed by atoms with Crippen molar-refractivity contribution in [3.63, 3.8) is 0 Å². The van der Waals surface area contributed by atoms with Crippen molar-refractivity contribution in [3.05, 3.63) is 29.8 Å². The Bertz CT molecular complexity index is 531. The maximum Gasteiger partial charge on any atom is 0.173 e. The first-order valence-corrected chi connectivity index (χ1v) is 9.11. The quantitative estimate of drug-likeness (QED) is 0.675. The molecule has 0 saturated carbocycles. The molecular formula is C18H27N3OS. The second kappa shape index (κ2) is 8.08. The number of hydrogen-bond donors (Lipinski definition) is 1. The number of ether oxygens (including phenoxy) is 1. The van der Waals surface area contributed by atoms with Crippen LogP contribution in [0.2, 0.25) is 0 Å². The number of nitrogens with one attached hydrogen (secondary N) is 1. The molecule has 2 aliphatic rings. The fourth-order valence-corrected chi connectivity index (χ4v) is 3.79. The van der Waals surface area contributed by atoms with Crippen LogP contribution in [0.25, 0.3) is 0 Å². The van der Waals surface area contributed by atoms with Crippen LogP contribution in [0.15, 0.2) is 24.3 Å². The second-order valence-electron chi connectivity index (χ2n) is 6.43. The van der Waals surface area contributed by atoms with Gasteiger partial charge in [-0.2, -0.15) is 0 Å². The van der Waals surface area contributed by atoms with E-state index in [1.807, 2.05) is 0 Å². The Hall–Kier alpha value is -1.17. The Morgan fingerprint density at radius 2 is 2.09 bits per heavy atom. The third-order valence-corrected chi connectivity index (χ3v) is 5.11. The van der Waals surface area contributed by atoms with E-state index >= 15 is 0 Å². The summed E-state index contributed by atoms with van der Waals surface area (Å²) in [6.45, 7) is 8.16. The highest BCUT2D eigenvalue weighted by Crippen LogP contribution is 2.30. The normalized spacial score (nSPS) is 21.8. The Morgan fingerprint density at radius 1 is 1.30 bits per heavy atom. The number of anilines is 1. The zero-order valence-corrected chi connectivity index (χ0v) is 14.8. The fourth-order valence-electron chi connectivity index (χ4n) is 3.41. The minimum Gasteiger partial charge on any atom is -0.379 e. The van der Waals surface area contributed by atoms with E-state index in [9.17, 15) is 0 Å². The average molecular weight is 334 g/mol. The monoisotopic (exact) mass is 333 g/mol. The van der Waals surface area contributed by atoms with Crippen LogP contribution in [0.1, 0.15) is 25.3 Å². The number of morpholine rings is 1. The highest BCUT2D eigenvalue weighted by atomic mass is 32.1. The van der Waals surface area contributed by atoms with Gasteiger partial charge in [-0.25, -0.2) is 0 Å². The summed E-state index contributed by atoms with van der Waals surface area (Å²) >= 11 is 5.68. The number of hydrogen-bond acceptors (Lipinski definition) is 3. The maximum atomic E-state index is 5.68. The van der Waals surface area contributed by atoms with Crippen LogP contribution in [0.5, 0.6) is 0 Å². The van der Waals surface area contributed by atoms with Gasteiger partial charge in [0.05, 0.1) is 13.2 Å². The minimum absolute atomic E-state index is 0.462. The third-order valence-electron chi connectivity index (χ3n) is 4.77. The number of aryl methyl sites for hydroxylation is 1. The zero-order chi connectivity index (χ0) is 16.1. The summed E-state index contributed by atoms with van der Waals surface area (Å²) in [7, 11) is 0. The summed E-state index contributed by atoms with van der Waals surface area (Å²) in [4.78, 5) is 4.76. The number of fused-ring (bicyclic) bond motifs is 1. The van der Waals surface area contributed by atoms with Gasteiger partial charge in [-0.15, -0.1) is 0 Å². The molecule has 0 aromatic heterocycles. The van der Waals surface area contributed by atoms with E-state index in [1.54, 1.807) is 0 Å². The van der Waals surface area contributed by atoms with Crippen molar-refractivity contribution in [2.24, 2.45) is 0 Å². The zero-order valence-electron chi connectivity index (χ0n) is 14.0. The number of thiocarbonyl (C=S) groups is 1. The molecule has 0 unspecified atom stereocenters. The van der Waals surface area contributed by atoms with Crippen LogP contribution >= 0.6 is 12.2 Å². The second-order valence-corrected chi connectivity index (χ2v) is 6.81. The van der Waals surface area contributed by atoms with E-state index < -0.39 is 0 Å². The molecule has 1 saturated heterocycles. The van der Waals surface area contributed by atoms with Crippen LogP contribution in [-0.4, -0.2) is 55.4 Å². The summed E-state index contributed by atoms with van der Waals surface area (Å²) in [6, 6.07) is 9.09. The average Bonchev–Trinajstić information content (AvgIpc) is 2.59. The van der Waals surface area contributed by atoms with Crippen molar-refractivity contribution in [1.82, 2.24) is 10.2 Å². The van der Waals surface area contributed by atoms with Gasteiger partial charge in [-0.3, -0.25) is 4.90 Å². The Morgan fingerprint density at radius 3 is 2.91 bits per heavy atom. The molecule has 2 heterocycles. The molecule has 1 fully saturated rings. The molecule has 1 aromatic carbocycles. The molecule has 0 radical (unpaired) electrons. The van der Waals surface area contributed by atoms with Crippen molar-refractivity contribution in [2.75, 3.05) is 44.3 Å². The lowest BCUT2D eigenvalue weighted by atomic mass is 9.97. The van der Waals surface area contributed by atoms with Gasteiger partial charge in [0, 0.05) is 31.4 Å². The van der Waals surface area contributed by atoms with Crippen molar-refractivity contribution >= 4 is 23.0 Å². The predicted octanol–water partition coefficient (Wildman–Crippen LogP) is 2.42. The first-order chi connectivity index (χ1) is 11.3. The van der Waals surface area contributed by atoms with Crippen molar-refractivity contribution in [1.29, 1.82) is 0 Å². The number of nitrogens with zero attached hydrogens (tertiary/aromatic N) is 2. The van der Waals surface area contributed by atoms with Crippen LogP contribution < -0.4 is 10.2 Å². The molecule has 1 N–H and O–H groups in total. The maximum absolute atomic E-state index is 5.68. The Kier molecular flexibility index (Phi) is 5.86. The summed E-state index contributed by atoms with van der Waals surface area (Å²) in [5.41, 5.74) is 2.68. The number of para-hydroxylation sites is 1. The van der Waals surface area contributed by atoms with E-state index in [0.717, 1.165) is 63.8 Å². The van der Waals surface area contributed by atoms with Crippen LogP contribution in [0, 0.1) is 0 Å². The van der Waals surface area contributed by atoms with Crippen molar-refractivity contribution < 1.29 is 4.74 Å². The summed E-state index contributed by atoms with van der Waals surface area (Å²) < 4.78 is 5.38. The van der Waals surface area contributed by atoms with Gasteiger partial charge in [0.1, 0.15) is 0 Å². The topological polar surface area (TPSA) is 27.7 Å². The van der Waals surface area contributed by atoms with E-state index in [4.69, 9.17) is 17.0 Å². The van der Waals surface area contributed by atoms with E-state index in [2.05, 4.69) is 46.3 Å². The lowest BCUT2D eigenvalue weighted by Gasteiger charge is -2.37. The molecule has 3 rings (SSSR count). The SMILES string of the molecule is C[C@H]1CCc2ccccc2N1C(=S)NCCCN1CCOCC1. The minimum atomic E-state index is 0.462. The first kappa shape index (κ1) is 16.7. The molecule has 1 atom stereocenters. The van der Waals surface area contributed by atoms with Crippen LogP contribution in [0.4, 0.5) is 5.69 Å². The molecule has 0 spiro atoms. The van der Waals surface area contributed by atoms with Crippen molar-refractivity contribution in [2.45, 2.75) is 32.2 Å². The highest BCUT2D eigenvalue weighted by molar-refractivity contribution is 7.80. The first-order valence-electron chi connectivity index (χ1n) is 8.71. The lowest BCUT2D eigenvalue weighted by molar-refractivity contribution is 0.0376. The molecule has 0 bridgehead atoms. The van der Waals surface area contributed by atoms with Gasteiger partial charge in [0.15, 0.2) is 5.11 Å². The van der Waals surface area contributed by atoms with E-state index in [1.165, 1.54) is 11.3 Å². The van der Waals surface area contributed by atoms with Gasteiger partial charge in [0.2, 0.25) is 0 Å². The molecule has 0 amide bonds. The predicted molar refractivity (Wildman–Crippen MR) is 99.2 cm³/mol. The fraction of sp³-hybridized carbons (Fsp3) is 0.611. The van der Waals surface area contributed by atoms with Crippen molar-refractivity contribution in [3.8, 4) is 0 Å². The van der Waals surface area contributed by atoms with Gasteiger partial charge < -0.3 is 15.0 Å². The van der Waals surface area contributed by atoms with Gasteiger partial charge in [0.25, 0.3) is 0 Å². The Labute approximate surface area is 144 Å². The van der Waals surface area contributed by atoms with Crippen LogP contribution in [0.3, 0.4) is 0 Å². The van der Waals surface area contributed by atoms with Gasteiger partial charge >= 0.3 is 0 Å². The Balaban J connectivity index is 1.49. The molecule has 5 heteroatoms. The summed E-state index contributed by atoms with van der Waals surface area (Å²) in [6.07, 6.45) is 3.42. The van der Waals surface area contributed by atoms with E-state index in [-0.39, 0.29) is 0 Å². The van der Waals surface area contributed by atoms with Crippen LogP contribution in [-0.2, 0) is 11.2 Å². The smallest absolute Gasteiger partial charge is 0.173 e. The standard InChI is InChI=1S/C18H27N3OS/c1-15-7-8-16-5-2-3-6-17(16)21(15)18(23)19-9-4-10-20-11-13-22-14-12-20/h2-3,5-6,15H,4,7-14H2,1H3,(H,19,23)/t15-/m0/s1. The third kappa shape index (κ3) is 4.22. The number of rotatable bonds is 4. The van der Waals surface area contributed by atoms with Gasteiger partial charge in [-0.1, -0.05) is 18.2 Å². The molecule has 126 valence electrons. The molecule has 0 aliphatic carbocycles. The number of benzene rings is 1. The summed E-state index contributed by atoms with van der Waals surface area (Å²) in [5, 5.41) is 4.33. The van der Waals surface area contributed by atoms with E-state index in [0.29, 0.717) is 6.04 Å². The molecule has 1 aromatic rings. The van der Waals surface area contributed by atoms with Gasteiger partial charge in [-0.05, 0) is 56.6 Å².